The number of hydrogen-bond donors (Lipinski definition) is 0. The molecule has 3 amide bonds. The second-order valence-electron chi connectivity index (χ2n) is 9.49. The Labute approximate surface area is 194 Å². The summed E-state index contributed by atoms with van der Waals surface area (Å²) >= 11 is 0. The molecule has 0 unspecified atom stereocenters. The third-order valence-electron chi connectivity index (χ3n) is 6.74. The first-order valence-corrected chi connectivity index (χ1v) is 11.6. The van der Waals surface area contributed by atoms with E-state index in [1.54, 1.807) is 6.20 Å². The summed E-state index contributed by atoms with van der Waals surface area (Å²) < 4.78 is 10.9. The fraction of sp³-hybridized carbons (Fsp3) is 0.480. The third kappa shape index (κ3) is 4.04. The summed E-state index contributed by atoms with van der Waals surface area (Å²) in [6.07, 6.45) is 2.96. The minimum atomic E-state index is -0.762. The Hall–Kier alpha value is -3.13. The van der Waals surface area contributed by atoms with Gasteiger partial charge in [0, 0.05) is 32.4 Å². The largest absolute Gasteiger partial charge is 0.454 e. The van der Waals surface area contributed by atoms with Gasteiger partial charge >= 0.3 is 6.03 Å². The Balaban J connectivity index is 1.31. The molecule has 4 heterocycles. The number of imide groups is 1. The van der Waals surface area contributed by atoms with Crippen LogP contribution in [0.3, 0.4) is 0 Å². The minimum Gasteiger partial charge on any atom is -0.454 e. The van der Waals surface area contributed by atoms with Crippen LogP contribution in [0, 0.1) is 5.92 Å². The quantitative estimate of drug-likeness (QED) is 0.629. The lowest BCUT2D eigenvalue weighted by Gasteiger charge is -2.42. The predicted molar refractivity (Wildman–Crippen MR) is 122 cm³/mol. The normalized spacial score (nSPS) is 19.8. The molecule has 2 saturated heterocycles. The van der Waals surface area contributed by atoms with Crippen LogP contribution in [-0.4, -0.2) is 63.6 Å². The highest BCUT2D eigenvalue weighted by Gasteiger charge is 2.57. The minimum absolute atomic E-state index is 0.0819. The molecule has 0 N–H and O–H groups in total. The summed E-state index contributed by atoms with van der Waals surface area (Å²) in [5.74, 6) is 1.76. The number of carbonyl (C=O) groups excluding carboxylic acids is 2. The number of pyridine rings is 1. The first-order chi connectivity index (χ1) is 16.0. The predicted octanol–water partition coefficient (Wildman–Crippen LogP) is 3.27. The van der Waals surface area contributed by atoms with Crippen molar-refractivity contribution in [2.45, 2.75) is 45.3 Å². The summed E-state index contributed by atoms with van der Waals surface area (Å²) in [4.78, 5) is 36.9. The van der Waals surface area contributed by atoms with E-state index < -0.39 is 5.54 Å². The van der Waals surface area contributed by atoms with Gasteiger partial charge in [-0.1, -0.05) is 26.0 Å². The summed E-state index contributed by atoms with van der Waals surface area (Å²) in [5, 5.41) is 0. The number of urea groups is 1. The van der Waals surface area contributed by atoms with Crippen LogP contribution in [0.2, 0.25) is 0 Å². The zero-order valence-electron chi connectivity index (χ0n) is 19.2. The molecule has 33 heavy (non-hydrogen) atoms. The van der Waals surface area contributed by atoms with Gasteiger partial charge in [0.25, 0.3) is 5.91 Å². The van der Waals surface area contributed by atoms with Gasteiger partial charge in [-0.05, 0) is 48.6 Å². The van der Waals surface area contributed by atoms with Gasteiger partial charge in [0.2, 0.25) is 6.79 Å². The fourth-order valence-electron chi connectivity index (χ4n) is 5.06. The highest BCUT2D eigenvalue weighted by molar-refractivity contribution is 6.07. The molecule has 1 spiro atoms. The maximum atomic E-state index is 13.7. The average molecular weight is 451 g/mol. The van der Waals surface area contributed by atoms with Gasteiger partial charge in [-0.15, -0.1) is 0 Å². The third-order valence-corrected chi connectivity index (χ3v) is 6.74. The van der Waals surface area contributed by atoms with Crippen molar-refractivity contribution >= 4 is 11.9 Å². The average Bonchev–Trinajstić information content (AvgIpc) is 3.35. The molecule has 174 valence electrons. The van der Waals surface area contributed by atoms with Crippen LogP contribution in [0.4, 0.5) is 4.79 Å². The lowest BCUT2D eigenvalue weighted by molar-refractivity contribution is -0.136. The van der Waals surface area contributed by atoms with Crippen molar-refractivity contribution in [1.29, 1.82) is 0 Å². The molecule has 3 aliphatic rings. The number of amides is 3. The van der Waals surface area contributed by atoms with Crippen LogP contribution in [0.25, 0.3) is 0 Å². The lowest BCUT2D eigenvalue weighted by atomic mass is 9.85. The standard InChI is InChI=1S/C25H30N4O4/c1-18(2)14-29-24(31)28(16-20-5-3-4-10-26-20)23(30)25(29)8-11-27(12-9-25)15-19-6-7-21-22(13-19)33-17-32-21/h3-7,10,13,18H,8-9,11-12,14-17H2,1-2H3. The van der Waals surface area contributed by atoms with Crippen molar-refractivity contribution in [2.24, 2.45) is 5.92 Å². The van der Waals surface area contributed by atoms with E-state index in [-0.39, 0.29) is 31.2 Å². The number of carbonyl (C=O) groups is 2. The van der Waals surface area contributed by atoms with E-state index in [2.05, 4.69) is 29.8 Å². The maximum Gasteiger partial charge on any atom is 0.328 e. The molecule has 0 atom stereocenters. The van der Waals surface area contributed by atoms with Crippen molar-refractivity contribution in [3.05, 3.63) is 53.9 Å². The zero-order chi connectivity index (χ0) is 23.0. The van der Waals surface area contributed by atoms with Crippen LogP contribution in [0.1, 0.15) is 37.9 Å². The summed E-state index contributed by atoms with van der Waals surface area (Å²) in [6.45, 7) is 7.50. The Morgan fingerprint density at radius 1 is 1.03 bits per heavy atom. The van der Waals surface area contributed by atoms with Crippen molar-refractivity contribution in [2.75, 3.05) is 26.4 Å². The zero-order valence-corrected chi connectivity index (χ0v) is 19.2. The van der Waals surface area contributed by atoms with E-state index in [9.17, 15) is 9.59 Å². The molecule has 2 fully saturated rings. The molecule has 0 saturated carbocycles. The van der Waals surface area contributed by atoms with Crippen LogP contribution >= 0.6 is 0 Å². The Morgan fingerprint density at radius 2 is 1.82 bits per heavy atom. The van der Waals surface area contributed by atoms with Gasteiger partial charge in [-0.2, -0.15) is 0 Å². The van der Waals surface area contributed by atoms with Gasteiger partial charge in [0.05, 0.1) is 12.2 Å². The van der Waals surface area contributed by atoms with Crippen molar-refractivity contribution in [1.82, 2.24) is 19.7 Å². The first-order valence-electron chi connectivity index (χ1n) is 11.6. The van der Waals surface area contributed by atoms with Crippen LogP contribution in [0.15, 0.2) is 42.6 Å². The van der Waals surface area contributed by atoms with Crippen LogP contribution in [-0.2, 0) is 17.9 Å². The molecule has 8 nitrogen and oxygen atoms in total. The molecule has 5 rings (SSSR count). The number of rotatable bonds is 6. The first kappa shape index (κ1) is 21.7. The number of piperidine rings is 1. The molecule has 0 radical (unpaired) electrons. The number of benzene rings is 1. The highest BCUT2D eigenvalue weighted by atomic mass is 16.7. The monoisotopic (exact) mass is 450 g/mol. The number of fused-ring (bicyclic) bond motifs is 1. The van der Waals surface area contributed by atoms with E-state index in [4.69, 9.17) is 9.47 Å². The Bertz CT molecular complexity index is 1030. The maximum absolute atomic E-state index is 13.7. The number of nitrogens with zero attached hydrogens (tertiary/aromatic N) is 4. The molecule has 8 heteroatoms. The SMILES string of the molecule is CC(C)CN1C(=O)N(Cc2ccccn2)C(=O)C12CCN(Cc1ccc3c(c1)OCO3)CC2. The van der Waals surface area contributed by atoms with E-state index in [0.29, 0.717) is 19.4 Å². The molecular weight excluding hydrogens is 420 g/mol. The van der Waals surface area contributed by atoms with E-state index in [1.165, 1.54) is 4.90 Å². The second kappa shape index (κ2) is 8.67. The van der Waals surface area contributed by atoms with Gasteiger partial charge in [0.1, 0.15) is 5.54 Å². The lowest BCUT2D eigenvalue weighted by Crippen LogP contribution is -2.57. The molecule has 0 bridgehead atoms. The Morgan fingerprint density at radius 3 is 2.55 bits per heavy atom. The van der Waals surface area contributed by atoms with Gasteiger partial charge in [-0.3, -0.25) is 19.6 Å². The van der Waals surface area contributed by atoms with E-state index in [0.717, 1.165) is 42.4 Å². The molecule has 2 aromatic rings. The fourth-order valence-corrected chi connectivity index (χ4v) is 5.06. The number of aromatic nitrogens is 1. The smallest absolute Gasteiger partial charge is 0.328 e. The highest BCUT2D eigenvalue weighted by Crippen LogP contribution is 2.39. The topological polar surface area (TPSA) is 75.2 Å². The molecule has 1 aromatic heterocycles. The summed E-state index contributed by atoms with van der Waals surface area (Å²) in [6, 6.07) is 11.4. The van der Waals surface area contributed by atoms with Gasteiger partial charge in [0.15, 0.2) is 11.5 Å². The number of ether oxygens (including phenoxy) is 2. The second-order valence-corrected chi connectivity index (χ2v) is 9.49. The Kier molecular flexibility index (Phi) is 5.70. The van der Waals surface area contributed by atoms with Crippen molar-refractivity contribution < 1.29 is 19.1 Å². The number of hydrogen-bond acceptors (Lipinski definition) is 6. The molecule has 1 aromatic carbocycles. The molecular formula is C25H30N4O4. The number of likely N-dealkylation sites (tertiary alicyclic amines) is 1. The summed E-state index contributed by atoms with van der Waals surface area (Å²) in [5.41, 5.74) is 1.11. The molecule has 0 aliphatic carbocycles. The summed E-state index contributed by atoms with van der Waals surface area (Å²) in [7, 11) is 0. The van der Waals surface area contributed by atoms with Gasteiger partial charge < -0.3 is 14.4 Å². The van der Waals surface area contributed by atoms with Crippen molar-refractivity contribution in [3.8, 4) is 11.5 Å². The van der Waals surface area contributed by atoms with Crippen LogP contribution in [0.5, 0.6) is 11.5 Å². The van der Waals surface area contributed by atoms with Crippen LogP contribution < -0.4 is 9.47 Å². The van der Waals surface area contributed by atoms with Gasteiger partial charge in [-0.25, -0.2) is 4.79 Å². The van der Waals surface area contributed by atoms with Crippen molar-refractivity contribution in [3.63, 3.8) is 0 Å². The molecule has 3 aliphatic heterocycles. The van der Waals surface area contributed by atoms with E-state index >= 15 is 0 Å². The van der Waals surface area contributed by atoms with E-state index in [1.807, 2.05) is 35.2 Å².